The van der Waals surface area contributed by atoms with E-state index < -0.39 is 0 Å². The second-order valence-electron chi connectivity index (χ2n) is 5.75. The Balaban J connectivity index is 1.44. The molecule has 0 saturated carbocycles. The summed E-state index contributed by atoms with van der Waals surface area (Å²) in [4.78, 5) is 28.4. The molecule has 6 nitrogen and oxygen atoms in total. The zero-order valence-corrected chi connectivity index (χ0v) is 14.8. The predicted octanol–water partition coefficient (Wildman–Crippen LogP) is 2.49. The van der Waals surface area contributed by atoms with Gasteiger partial charge in [-0.05, 0) is 30.2 Å². The second kappa shape index (κ2) is 8.66. The number of halogens is 1. The van der Waals surface area contributed by atoms with Crippen LogP contribution in [0.15, 0.2) is 47.6 Å². The van der Waals surface area contributed by atoms with E-state index in [1.807, 2.05) is 6.07 Å². The monoisotopic (exact) mass is 374 g/mol. The van der Waals surface area contributed by atoms with E-state index in [0.29, 0.717) is 17.0 Å². The molecular weight excluding hydrogens is 355 g/mol. The van der Waals surface area contributed by atoms with Gasteiger partial charge < -0.3 is 16.0 Å². The molecule has 8 heteroatoms. The summed E-state index contributed by atoms with van der Waals surface area (Å²) in [6.07, 6.45) is 3.82. The lowest BCUT2D eigenvalue weighted by atomic mass is 10.0. The Labute approximate surface area is 155 Å². The molecule has 0 aliphatic carbocycles. The fourth-order valence-corrected chi connectivity index (χ4v) is 3.84. The molecule has 0 radical (unpaired) electrons. The molecule has 3 rings (SSSR count). The minimum atomic E-state index is -0.340. The van der Waals surface area contributed by atoms with Gasteiger partial charge >= 0.3 is 6.03 Å². The molecule has 1 aliphatic heterocycles. The molecule has 0 spiro atoms. The van der Waals surface area contributed by atoms with Crippen LogP contribution < -0.4 is 16.0 Å². The van der Waals surface area contributed by atoms with Gasteiger partial charge in [0.2, 0.25) is 0 Å². The van der Waals surface area contributed by atoms with Crippen molar-refractivity contribution in [2.45, 2.75) is 17.4 Å². The minimum Gasteiger partial charge on any atom is -0.350 e. The first-order valence-corrected chi connectivity index (χ1v) is 9.27. The molecular formula is C18H19FN4O2S. The molecule has 3 N–H and O–H groups in total. The van der Waals surface area contributed by atoms with Crippen LogP contribution in [0.5, 0.6) is 0 Å². The fraction of sp³-hybridized carbons (Fsp3) is 0.278. The van der Waals surface area contributed by atoms with Crippen LogP contribution in [0.25, 0.3) is 0 Å². The zero-order valence-electron chi connectivity index (χ0n) is 14.0. The Morgan fingerprint density at radius 1 is 1.19 bits per heavy atom. The number of hydrogen-bond donors (Lipinski definition) is 3. The number of nitrogens with zero attached hydrogens (tertiary/aromatic N) is 1. The number of thioether (sulfide) groups is 1. The van der Waals surface area contributed by atoms with E-state index in [0.717, 1.165) is 17.7 Å². The average molecular weight is 374 g/mol. The lowest BCUT2D eigenvalue weighted by molar-refractivity contribution is 0.0953. The van der Waals surface area contributed by atoms with Gasteiger partial charge in [-0.3, -0.25) is 9.78 Å². The summed E-state index contributed by atoms with van der Waals surface area (Å²) < 4.78 is 13.9. The van der Waals surface area contributed by atoms with Crippen LogP contribution in [0.3, 0.4) is 0 Å². The summed E-state index contributed by atoms with van der Waals surface area (Å²) in [5.74, 6) is 0.256. The zero-order chi connectivity index (χ0) is 18.4. The molecule has 26 heavy (non-hydrogen) atoms. The van der Waals surface area contributed by atoms with Crippen LogP contribution in [-0.4, -0.2) is 35.8 Å². The van der Waals surface area contributed by atoms with Crippen molar-refractivity contribution < 1.29 is 14.0 Å². The highest BCUT2D eigenvalue weighted by molar-refractivity contribution is 7.99. The quantitative estimate of drug-likeness (QED) is 0.702. The highest BCUT2D eigenvalue weighted by Gasteiger charge is 2.24. The molecule has 1 aliphatic rings. The highest BCUT2D eigenvalue weighted by atomic mass is 32.2. The van der Waals surface area contributed by atoms with Crippen molar-refractivity contribution in [1.29, 1.82) is 0 Å². The lowest BCUT2D eigenvalue weighted by Crippen LogP contribution is -2.42. The number of hydrogen-bond acceptors (Lipinski definition) is 4. The van der Waals surface area contributed by atoms with E-state index >= 15 is 0 Å². The van der Waals surface area contributed by atoms with E-state index in [1.54, 1.807) is 24.4 Å². The molecule has 1 atom stereocenters. The summed E-state index contributed by atoms with van der Waals surface area (Å²) in [6.45, 7) is 0.586. The lowest BCUT2D eigenvalue weighted by Gasteiger charge is -2.26. The number of rotatable bonds is 5. The third kappa shape index (κ3) is 4.51. The first-order chi connectivity index (χ1) is 12.6. The van der Waals surface area contributed by atoms with E-state index in [2.05, 4.69) is 20.9 Å². The van der Waals surface area contributed by atoms with E-state index in [4.69, 9.17) is 0 Å². The molecule has 0 fully saturated rings. The van der Waals surface area contributed by atoms with Crippen molar-refractivity contribution in [1.82, 2.24) is 20.9 Å². The van der Waals surface area contributed by atoms with Gasteiger partial charge in [-0.2, -0.15) is 0 Å². The topological polar surface area (TPSA) is 83.1 Å². The van der Waals surface area contributed by atoms with Crippen LogP contribution in [0.2, 0.25) is 0 Å². The summed E-state index contributed by atoms with van der Waals surface area (Å²) in [7, 11) is 0. The van der Waals surface area contributed by atoms with Crippen LogP contribution in [0.4, 0.5) is 9.18 Å². The van der Waals surface area contributed by atoms with Crippen molar-refractivity contribution in [3.8, 4) is 0 Å². The maximum atomic E-state index is 13.9. The first-order valence-electron chi connectivity index (χ1n) is 8.29. The summed E-state index contributed by atoms with van der Waals surface area (Å²) in [5.41, 5.74) is 1.27. The average Bonchev–Trinajstić information content (AvgIpc) is 2.66. The molecule has 2 heterocycles. The van der Waals surface area contributed by atoms with Crippen LogP contribution in [0.1, 0.15) is 28.4 Å². The number of pyridine rings is 1. The predicted molar refractivity (Wildman–Crippen MR) is 97.6 cm³/mol. The summed E-state index contributed by atoms with van der Waals surface area (Å²) in [6, 6.07) is 7.72. The summed E-state index contributed by atoms with van der Waals surface area (Å²) in [5, 5.41) is 8.28. The van der Waals surface area contributed by atoms with Gasteiger partial charge in [-0.15, -0.1) is 11.8 Å². The molecule has 0 unspecified atom stereocenters. The van der Waals surface area contributed by atoms with Gasteiger partial charge in [0, 0.05) is 36.1 Å². The Hall–Kier alpha value is -2.61. The number of carbonyl (C=O) groups is 2. The molecule has 2 aromatic rings. The number of urea groups is 1. The Morgan fingerprint density at radius 3 is 2.85 bits per heavy atom. The van der Waals surface area contributed by atoms with E-state index in [1.165, 1.54) is 24.0 Å². The minimum absolute atomic E-state index is 0.216. The molecule has 0 bridgehead atoms. The van der Waals surface area contributed by atoms with Crippen LogP contribution >= 0.6 is 11.8 Å². The number of aromatic nitrogens is 1. The number of nitrogens with one attached hydrogen (secondary N) is 3. The van der Waals surface area contributed by atoms with Gasteiger partial charge in [-0.25, -0.2) is 9.18 Å². The standard InChI is InChI=1S/C18H19FN4O2S/c19-14-5-1-4-13-15(6-10-26-16(13)14)23-18(25)22-9-8-21-17(24)12-3-2-7-20-11-12/h1-5,7,11,15H,6,8-10H2,(H,21,24)(H2,22,23,25)/t15-/m1/s1. The summed E-state index contributed by atoms with van der Waals surface area (Å²) >= 11 is 1.47. The highest BCUT2D eigenvalue weighted by Crippen LogP contribution is 2.37. The van der Waals surface area contributed by atoms with Gasteiger partial charge in [-0.1, -0.05) is 12.1 Å². The van der Waals surface area contributed by atoms with E-state index in [-0.39, 0.29) is 30.3 Å². The van der Waals surface area contributed by atoms with Crippen molar-refractivity contribution in [2.75, 3.05) is 18.8 Å². The normalized spacial score (nSPS) is 15.7. The molecule has 0 saturated heterocycles. The third-order valence-corrected chi connectivity index (χ3v) is 5.11. The van der Waals surface area contributed by atoms with E-state index in [9.17, 15) is 14.0 Å². The largest absolute Gasteiger partial charge is 0.350 e. The van der Waals surface area contributed by atoms with Gasteiger partial charge in [0.1, 0.15) is 5.82 Å². The first kappa shape index (κ1) is 18.2. The van der Waals surface area contributed by atoms with Gasteiger partial charge in [0.05, 0.1) is 11.6 Å². The van der Waals surface area contributed by atoms with Gasteiger partial charge in [0.15, 0.2) is 0 Å². The maximum Gasteiger partial charge on any atom is 0.315 e. The fourth-order valence-electron chi connectivity index (χ4n) is 2.70. The Morgan fingerprint density at radius 2 is 2.04 bits per heavy atom. The number of amides is 3. The second-order valence-corrected chi connectivity index (χ2v) is 6.85. The smallest absolute Gasteiger partial charge is 0.315 e. The van der Waals surface area contributed by atoms with Crippen molar-refractivity contribution in [3.63, 3.8) is 0 Å². The number of benzene rings is 1. The molecule has 3 amide bonds. The van der Waals surface area contributed by atoms with Gasteiger partial charge in [0.25, 0.3) is 5.91 Å². The molecule has 1 aromatic heterocycles. The van der Waals surface area contributed by atoms with Crippen molar-refractivity contribution in [3.05, 3.63) is 59.7 Å². The van der Waals surface area contributed by atoms with Crippen molar-refractivity contribution >= 4 is 23.7 Å². The number of fused-ring (bicyclic) bond motifs is 1. The maximum absolute atomic E-state index is 13.9. The number of carbonyl (C=O) groups excluding carboxylic acids is 2. The molecule has 136 valence electrons. The third-order valence-electron chi connectivity index (χ3n) is 3.95. The Bertz CT molecular complexity index is 788. The SMILES string of the molecule is O=C(NCCNC(=O)c1cccnc1)N[C@@H]1CCSc2c(F)cccc21. The Kier molecular flexibility index (Phi) is 6.06. The van der Waals surface area contributed by atoms with Crippen molar-refractivity contribution in [2.24, 2.45) is 0 Å². The molecule has 1 aromatic carbocycles. The van der Waals surface area contributed by atoms with Crippen LogP contribution in [-0.2, 0) is 0 Å². The van der Waals surface area contributed by atoms with Crippen LogP contribution in [0, 0.1) is 5.82 Å².